The molecule has 2 atom stereocenters. The van der Waals surface area contributed by atoms with Crippen molar-refractivity contribution in [1.29, 1.82) is 0 Å². The Bertz CT molecular complexity index is 161. The fraction of sp³-hybridized carbons (Fsp3) is 0.923. The van der Waals surface area contributed by atoms with Crippen molar-refractivity contribution in [2.45, 2.75) is 72.8 Å². The summed E-state index contributed by atoms with van der Waals surface area (Å²) in [4.78, 5) is 4.63. The van der Waals surface area contributed by atoms with E-state index in [2.05, 4.69) is 11.9 Å². The molecule has 1 saturated carbocycles. The number of rotatable bonds is 0. The molecule has 2 unspecified atom stereocenters. The molecule has 2 aliphatic rings. The first kappa shape index (κ1) is 13.7. The van der Waals surface area contributed by atoms with Crippen LogP contribution in [0.1, 0.15) is 66.7 Å². The molecule has 1 fully saturated rings. The maximum atomic E-state index is 4.63. The maximum absolute atomic E-state index is 4.63. The monoisotopic (exact) mass is 197 g/mol. The molecule has 1 aliphatic heterocycles. The number of aliphatic imine (C=N–C) groups is 1. The van der Waals surface area contributed by atoms with E-state index in [-0.39, 0.29) is 0 Å². The van der Waals surface area contributed by atoms with Crippen LogP contribution in [0.25, 0.3) is 0 Å². The molecule has 0 aromatic rings. The van der Waals surface area contributed by atoms with Gasteiger partial charge in [-0.25, -0.2) is 0 Å². The third kappa shape index (κ3) is 3.81. The standard InChI is InChI=1S/C9H15N.2C2H6/c1-7-6-8-4-2-3-5-9(8)10-7;2*1-2/h8-9H,2-6H2,1H3;2*1-2H3. The highest BCUT2D eigenvalue weighted by atomic mass is 14.8. The molecule has 0 spiro atoms. The molecule has 0 amide bonds. The molecule has 0 bridgehead atoms. The smallest absolute Gasteiger partial charge is 0.0530 e. The Morgan fingerprint density at radius 2 is 1.57 bits per heavy atom. The zero-order valence-corrected chi connectivity index (χ0v) is 10.6. The predicted octanol–water partition coefficient (Wildman–Crippen LogP) is 4.46. The van der Waals surface area contributed by atoms with Crippen LogP contribution in [0.3, 0.4) is 0 Å². The summed E-state index contributed by atoms with van der Waals surface area (Å²) in [6.45, 7) is 10.2. The second-order valence-electron chi connectivity index (χ2n) is 3.68. The lowest BCUT2D eigenvalue weighted by molar-refractivity contribution is 0.337. The molecule has 1 aliphatic carbocycles. The molecule has 0 saturated heterocycles. The molecule has 14 heavy (non-hydrogen) atoms. The quantitative estimate of drug-likeness (QED) is 0.543. The van der Waals surface area contributed by atoms with Crippen molar-refractivity contribution in [3.63, 3.8) is 0 Å². The largest absolute Gasteiger partial charge is 0.291 e. The van der Waals surface area contributed by atoms with Crippen LogP contribution in [-0.4, -0.2) is 11.8 Å². The molecule has 84 valence electrons. The van der Waals surface area contributed by atoms with Gasteiger partial charge in [-0.3, -0.25) is 4.99 Å². The van der Waals surface area contributed by atoms with E-state index in [1.165, 1.54) is 37.8 Å². The molecule has 1 heteroatoms. The first-order valence-electron chi connectivity index (χ1n) is 6.39. The van der Waals surface area contributed by atoms with Gasteiger partial charge < -0.3 is 0 Å². The molecule has 0 N–H and O–H groups in total. The summed E-state index contributed by atoms with van der Waals surface area (Å²) >= 11 is 0. The second kappa shape index (κ2) is 8.02. The third-order valence-corrected chi connectivity index (χ3v) is 2.81. The third-order valence-electron chi connectivity index (χ3n) is 2.81. The van der Waals surface area contributed by atoms with Gasteiger partial charge in [0.25, 0.3) is 0 Å². The highest BCUT2D eigenvalue weighted by Gasteiger charge is 2.29. The number of hydrogen-bond acceptors (Lipinski definition) is 1. The summed E-state index contributed by atoms with van der Waals surface area (Å²) in [5.74, 6) is 0.939. The van der Waals surface area contributed by atoms with Crippen LogP contribution in [0, 0.1) is 5.92 Å². The van der Waals surface area contributed by atoms with Crippen LogP contribution < -0.4 is 0 Å². The van der Waals surface area contributed by atoms with Crippen LogP contribution in [0.15, 0.2) is 4.99 Å². The summed E-state index contributed by atoms with van der Waals surface area (Å²) in [7, 11) is 0. The number of hydrogen-bond donors (Lipinski definition) is 0. The lowest BCUT2D eigenvalue weighted by Gasteiger charge is -2.22. The van der Waals surface area contributed by atoms with E-state index in [1.807, 2.05) is 27.7 Å². The first-order chi connectivity index (χ1) is 6.86. The summed E-state index contributed by atoms with van der Waals surface area (Å²) in [5, 5.41) is 0. The number of fused-ring (bicyclic) bond motifs is 1. The summed E-state index contributed by atoms with van der Waals surface area (Å²) in [5.41, 5.74) is 1.40. The van der Waals surface area contributed by atoms with Gasteiger partial charge in [-0.1, -0.05) is 40.5 Å². The van der Waals surface area contributed by atoms with Gasteiger partial charge in [-0.05, 0) is 32.1 Å². The van der Waals surface area contributed by atoms with Crippen molar-refractivity contribution in [2.75, 3.05) is 0 Å². The zero-order valence-electron chi connectivity index (χ0n) is 10.6. The first-order valence-corrected chi connectivity index (χ1v) is 6.39. The molecule has 0 aromatic carbocycles. The SMILES string of the molecule is CC.CC.CC1=NC2CCCCC2C1. The zero-order chi connectivity index (χ0) is 11.0. The van der Waals surface area contributed by atoms with Crippen molar-refractivity contribution in [3.8, 4) is 0 Å². The van der Waals surface area contributed by atoms with Gasteiger partial charge in [0.15, 0.2) is 0 Å². The van der Waals surface area contributed by atoms with E-state index in [0.29, 0.717) is 0 Å². The molecule has 0 aromatic heterocycles. The van der Waals surface area contributed by atoms with Crippen LogP contribution in [0.2, 0.25) is 0 Å². The van der Waals surface area contributed by atoms with Gasteiger partial charge in [0.1, 0.15) is 0 Å². The Morgan fingerprint density at radius 1 is 1.00 bits per heavy atom. The molecule has 1 heterocycles. The van der Waals surface area contributed by atoms with Crippen molar-refractivity contribution in [3.05, 3.63) is 0 Å². The molecular weight excluding hydrogens is 170 g/mol. The van der Waals surface area contributed by atoms with Crippen molar-refractivity contribution >= 4 is 5.71 Å². The van der Waals surface area contributed by atoms with Gasteiger partial charge in [-0.2, -0.15) is 0 Å². The Morgan fingerprint density at radius 3 is 2.14 bits per heavy atom. The van der Waals surface area contributed by atoms with Gasteiger partial charge >= 0.3 is 0 Å². The van der Waals surface area contributed by atoms with E-state index in [0.717, 1.165) is 12.0 Å². The van der Waals surface area contributed by atoms with Crippen molar-refractivity contribution in [1.82, 2.24) is 0 Å². The van der Waals surface area contributed by atoms with Crippen molar-refractivity contribution in [2.24, 2.45) is 10.9 Å². The van der Waals surface area contributed by atoms with Crippen LogP contribution in [-0.2, 0) is 0 Å². The average molecular weight is 197 g/mol. The van der Waals surface area contributed by atoms with Crippen LogP contribution >= 0.6 is 0 Å². The Labute approximate surface area is 90.0 Å². The predicted molar refractivity (Wildman–Crippen MR) is 66.2 cm³/mol. The summed E-state index contributed by atoms with van der Waals surface area (Å²) < 4.78 is 0. The highest BCUT2D eigenvalue weighted by Crippen LogP contribution is 2.33. The van der Waals surface area contributed by atoms with E-state index in [4.69, 9.17) is 0 Å². The minimum absolute atomic E-state index is 0.730. The number of nitrogens with zero attached hydrogens (tertiary/aromatic N) is 1. The van der Waals surface area contributed by atoms with Gasteiger partial charge in [0.2, 0.25) is 0 Å². The van der Waals surface area contributed by atoms with E-state index < -0.39 is 0 Å². The average Bonchev–Trinajstić information content (AvgIpc) is 2.64. The van der Waals surface area contributed by atoms with Crippen LogP contribution in [0.4, 0.5) is 0 Å². The van der Waals surface area contributed by atoms with Gasteiger partial charge in [0.05, 0.1) is 6.04 Å². The van der Waals surface area contributed by atoms with E-state index in [9.17, 15) is 0 Å². The highest BCUT2D eigenvalue weighted by molar-refractivity contribution is 5.84. The Kier molecular flexibility index (Phi) is 7.83. The minimum Gasteiger partial charge on any atom is -0.291 e. The fourth-order valence-electron chi connectivity index (χ4n) is 2.31. The molecule has 1 nitrogen and oxygen atoms in total. The fourth-order valence-corrected chi connectivity index (χ4v) is 2.31. The van der Waals surface area contributed by atoms with Gasteiger partial charge in [-0.15, -0.1) is 0 Å². The summed E-state index contributed by atoms with van der Waals surface area (Å²) in [6, 6.07) is 0.730. The minimum atomic E-state index is 0.730. The normalized spacial score (nSPS) is 28.8. The molecule has 2 rings (SSSR count). The van der Waals surface area contributed by atoms with Crippen molar-refractivity contribution < 1.29 is 0 Å². The Balaban J connectivity index is 0.000000379. The molecular formula is C13H27N. The van der Waals surface area contributed by atoms with Crippen LogP contribution in [0.5, 0.6) is 0 Å². The second-order valence-corrected chi connectivity index (χ2v) is 3.68. The Hall–Kier alpha value is -0.330. The molecule has 0 radical (unpaired) electrons. The summed E-state index contributed by atoms with van der Waals surface area (Å²) in [6.07, 6.45) is 6.96. The van der Waals surface area contributed by atoms with Gasteiger partial charge in [0, 0.05) is 5.71 Å². The maximum Gasteiger partial charge on any atom is 0.0530 e. The lowest BCUT2D eigenvalue weighted by Crippen LogP contribution is -2.18. The van der Waals surface area contributed by atoms with E-state index in [1.54, 1.807) is 0 Å². The van der Waals surface area contributed by atoms with E-state index >= 15 is 0 Å². The lowest BCUT2D eigenvalue weighted by atomic mass is 9.84. The topological polar surface area (TPSA) is 12.4 Å².